The second-order valence-electron chi connectivity index (χ2n) is 6.59. The molecule has 5 heteroatoms. The van der Waals surface area contributed by atoms with Crippen LogP contribution < -0.4 is 5.69 Å². The first kappa shape index (κ1) is 17.0. The van der Waals surface area contributed by atoms with Gasteiger partial charge in [0.2, 0.25) is 0 Å². The van der Waals surface area contributed by atoms with Crippen LogP contribution in [0.15, 0.2) is 71.5 Å². The van der Waals surface area contributed by atoms with Crippen molar-refractivity contribution in [3.63, 3.8) is 0 Å². The summed E-state index contributed by atoms with van der Waals surface area (Å²) < 4.78 is 1.44. The number of hydrogen-bond acceptors (Lipinski definition) is 3. The van der Waals surface area contributed by atoms with Gasteiger partial charge in [-0.25, -0.2) is 4.79 Å². The van der Waals surface area contributed by atoms with E-state index in [4.69, 9.17) is 0 Å². The van der Waals surface area contributed by atoms with E-state index in [1.165, 1.54) is 16.2 Å². The van der Waals surface area contributed by atoms with Crippen LogP contribution in [-0.4, -0.2) is 19.8 Å². The van der Waals surface area contributed by atoms with Gasteiger partial charge in [0.15, 0.2) is 0 Å². The highest BCUT2D eigenvalue weighted by Gasteiger charge is 2.15. The first-order valence-corrected chi connectivity index (χ1v) is 8.92. The van der Waals surface area contributed by atoms with Gasteiger partial charge in [0.05, 0.1) is 16.7 Å². The number of H-pyrrole nitrogens is 1. The standard InChI is InChI=1S/C22H20N2O3/c25-20-14-21(26)19(24-18-12-5-4-11-17(18)23-22(24)27)13-16(20)10-6-9-15-7-2-1-3-8-15/h1-5,7-8,11-14,25-26H,6,9-10H2,(H,23,27). The van der Waals surface area contributed by atoms with E-state index in [1.54, 1.807) is 6.07 Å². The normalized spacial score (nSPS) is 11.1. The van der Waals surface area contributed by atoms with Gasteiger partial charge in [-0.05, 0) is 48.6 Å². The number of phenolic OH excluding ortho intramolecular Hbond substituents is 2. The van der Waals surface area contributed by atoms with Gasteiger partial charge in [0.1, 0.15) is 11.5 Å². The number of aromatic hydroxyl groups is 2. The van der Waals surface area contributed by atoms with E-state index < -0.39 is 0 Å². The molecule has 3 N–H and O–H groups in total. The number of hydrogen-bond donors (Lipinski definition) is 3. The van der Waals surface area contributed by atoms with Crippen LogP contribution in [0.2, 0.25) is 0 Å². The Morgan fingerprint density at radius 1 is 0.852 bits per heavy atom. The lowest BCUT2D eigenvalue weighted by Gasteiger charge is -2.11. The molecule has 3 aromatic carbocycles. The maximum Gasteiger partial charge on any atom is 0.331 e. The van der Waals surface area contributed by atoms with Crippen LogP contribution in [0.4, 0.5) is 0 Å². The quantitative estimate of drug-likeness (QED) is 0.505. The molecule has 0 spiro atoms. The van der Waals surface area contributed by atoms with Crippen LogP contribution in [0.1, 0.15) is 17.5 Å². The van der Waals surface area contributed by atoms with E-state index in [0.717, 1.165) is 12.8 Å². The zero-order valence-electron chi connectivity index (χ0n) is 14.7. The van der Waals surface area contributed by atoms with Crippen molar-refractivity contribution >= 4 is 11.0 Å². The van der Waals surface area contributed by atoms with Crippen molar-refractivity contribution in [1.29, 1.82) is 0 Å². The van der Waals surface area contributed by atoms with Crippen LogP contribution in [0.5, 0.6) is 11.5 Å². The van der Waals surface area contributed by atoms with Crippen molar-refractivity contribution in [2.45, 2.75) is 19.3 Å². The second kappa shape index (κ2) is 7.03. The molecular formula is C22H20N2O3. The number of nitrogens with zero attached hydrogens (tertiary/aromatic N) is 1. The molecule has 4 aromatic rings. The highest BCUT2D eigenvalue weighted by molar-refractivity contribution is 5.78. The largest absolute Gasteiger partial charge is 0.508 e. The number of aromatic nitrogens is 2. The van der Waals surface area contributed by atoms with E-state index in [2.05, 4.69) is 17.1 Å². The molecule has 1 heterocycles. The Morgan fingerprint density at radius 3 is 2.41 bits per heavy atom. The molecule has 0 aliphatic heterocycles. The van der Waals surface area contributed by atoms with E-state index in [-0.39, 0.29) is 17.2 Å². The summed E-state index contributed by atoms with van der Waals surface area (Å²) in [5.41, 5.74) is 3.36. The van der Waals surface area contributed by atoms with E-state index in [0.29, 0.717) is 28.7 Å². The number of para-hydroxylation sites is 2. The summed E-state index contributed by atoms with van der Waals surface area (Å²) in [6.07, 6.45) is 2.39. The van der Waals surface area contributed by atoms with Crippen molar-refractivity contribution in [3.05, 3.63) is 88.3 Å². The highest BCUT2D eigenvalue weighted by Crippen LogP contribution is 2.32. The predicted molar refractivity (Wildman–Crippen MR) is 106 cm³/mol. The summed E-state index contributed by atoms with van der Waals surface area (Å²) in [7, 11) is 0. The number of fused-ring (bicyclic) bond motifs is 1. The summed E-state index contributed by atoms with van der Waals surface area (Å²) in [4.78, 5) is 15.2. The van der Waals surface area contributed by atoms with Crippen LogP contribution in [-0.2, 0) is 12.8 Å². The molecule has 5 nitrogen and oxygen atoms in total. The molecule has 0 aliphatic rings. The van der Waals surface area contributed by atoms with Gasteiger partial charge in [0, 0.05) is 6.07 Å². The van der Waals surface area contributed by atoms with E-state index in [9.17, 15) is 15.0 Å². The minimum absolute atomic E-state index is 0.0391. The summed E-state index contributed by atoms with van der Waals surface area (Å²) in [5, 5.41) is 20.6. The van der Waals surface area contributed by atoms with Crippen molar-refractivity contribution in [1.82, 2.24) is 9.55 Å². The number of benzene rings is 3. The van der Waals surface area contributed by atoms with Gasteiger partial charge in [-0.3, -0.25) is 4.57 Å². The minimum Gasteiger partial charge on any atom is -0.508 e. The number of aromatic amines is 1. The van der Waals surface area contributed by atoms with Crippen LogP contribution in [0, 0.1) is 0 Å². The Bertz CT molecular complexity index is 1140. The molecule has 0 atom stereocenters. The first-order valence-electron chi connectivity index (χ1n) is 8.92. The fraction of sp³-hybridized carbons (Fsp3) is 0.136. The summed E-state index contributed by atoms with van der Waals surface area (Å²) in [6.45, 7) is 0. The van der Waals surface area contributed by atoms with Crippen molar-refractivity contribution in [3.8, 4) is 17.2 Å². The zero-order valence-corrected chi connectivity index (χ0v) is 14.7. The Labute approximate surface area is 156 Å². The first-order chi connectivity index (χ1) is 13.1. The summed E-state index contributed by atoms with van der Waals surface area (Å²) >= 11 is 0. The molecule has 0 amide bonds. The van der Waals surface area contributed by atoms with Gasteiger partial charge >= 0.3 is 5.69 Å². The topological polar surface area (TPSA) is 78.2 Å². The van der Waals surface area contributed by atoms with Gasteiger partial charge in [-0.15, -0.1) is 0 Å². The molecule has 1 aromatic heterocycles. The Morgan fingerprint density at radius 2 is 1.59 bits per heavy atom. The average molecular weight is 360 g/mol. The molecular weight excluding hydrogens is 340 g/mol. The zero-order chi connectivity index (χ0) is 18.8. The number of imidazole rings is 1. The molecule has 27 heavy (non-hydrogen) atoms. The van der Waals surface area contributed by atoms with E-state index >= 15 is 0 Å². The van der Waals surface area contributed by atoms with Crippen molar-refractivity contribution in [2.24, 2.45) is 0 Å². The summed E-state index contributed by atoms with van der Waals surface area (Å²) in [6, 6.07) is 20.5. The summed E-state index contributed by atoms with van der Waals surface area (Å²) in [5.74, 6) is -0.0941. The molecule has 0 aliphatic carbocycles. The average Bonchev–Trinajstić information content (AvgIpc) is 3.00. The van der Waals surface area contributed by atoms with Gasteiger partial charge in [-0.1, -0.05) is 42.5 Å². The molecule has 136 valence electrons. The molecule has 0 saturated heterocycles. The van der Waals surface area contributed by atoms with E-state index in [1.807, 2.05) is 42.5 Å². The van der Waals surface area contributed by atoms with Gasteiger partial charge in [-0.2, -0.15) is 0 Å². The Hall–Kier alpha value is -3.47. The number of rotatable bonds is 5. The molecule has 0 fully saturated rings. The highest BCUT2D eigenvalue weighted by atomic mass is 16.3. The maximum atomic E-state index is 12.4. The lowest BCUT2D eigenvalue weighted by Crippen LogP contribution is -2.15. The lowest BCUT2D eigenvalue weighted by molar-refractivity contribution is 0.443. The fourth-order valence-corrected chi connectivity index (χ4v) is 3.41. The van der Waals surface area contributed by atoms with Crippen LogP contribution in [0.25, 0.3) is 16.7 Å². The number of aryl methyl sites for hydroxylation is 2. The van der Waals surface area contributed by atoms with Gasteiger partial charge < -0.3 is 15.2 Å². The smallest absolute Gasteiger partial charge is 0.331 e. The number of phenols is 2. The molecule has 0 bridgehead atoms. The SMILES string of the molecule is O=c1[nH]c2ccccc2n1-c1cc(CCCc2ccccc2)c(O)cc1O. The monoisotopic (exact) mass is 360 g/mol. The Balaban J connectivity index is 1.67. The second-order valence-corrected chi connectivity index (χ2v) is 6.59. The van der Waals surface area contributed by atoms with Gasteiger partial charge in [0.25, 0.3) is 0 Å². The third-order valence-corrected chi connectivity index (χ3v) is 4.76. The lowest BCUT2D eigenvalue weighted by atomic mass is 10.0. The minimum atomic E-state index is -0.326. The third-order valence-electron chi connectivity index (χ3n) is 4.76. The molecule has 4 rings (SSSR count). The molecule has 0 unspecified atom stereocenters. The van der Waals surface area contributed by atoms with Crippen molar-refractivity contribution in [2.75, 3.05) is 0 Å². The third kappa shape index (κ3) is 3.31. The number of nitrogens with one attached hydrogen (secondary N) is 1. The predicted octanol–water partition coefficient (Wildman–Crippen LogP) is 3.91. The Kier molecular flexibility index (Phi) is 4.42. The van der Waals surface area contributed by atoms with Crippen LogP contribution >= 0.6 is 0 Å². The van der Waals surface area contributed by atoms with Crippen LogP contribution in [0.3, 0.4) is 0 Å². The maximum absolute atomic E-state index is 12.4. The fourth-order valence-electron chi connectivity index (χ4n) is 3.41. The molecule has 0 saturated carbocycles. The van der Waals surface area contributed by atoms with Crippen molar-refractivity contribution < 1.29 is 10.2 Å². The molecule has 0 radical (unpaired) electrons.